The monoisotopic (exact) mass is 310 g/mol. The van der Waals surface area contributed by atoms with Crippen molar-refractivity contribution in [3.8, 4) is 0 Å². The fourth-order valence-corrected chi connectivity index (χ4v) is 1.30. The van der Waals surface area contributed by atoms with E-state index in [2.05, 4.69) is 11.7 Å². The highest BCUT2D eigenvalue weighted by Crippen LogP contribution is 2.35. The molecule has 2 nitrogen and oxygen atoms in total. The lowest BCUT2D eigenvalue weighted by Crippen LogP contribution is -2.27. The van der Waals surface area contributed by atoms with Crippen LogP contribution in [0.25, 0.3) is 0 Å². The standard InChI is InChI=1S/C10H7F5O2.C4H8/c1-17-8(16)9(11,12)6-3-2-4-7(5-6)10(13,14)15;1-4-2-3-4/h2-5H,1H3;4H,2-3H2,1H3. The maximum Gasteiger partial charge on any atom is 0.416 e. The molecule has 1 aliphatic rings. The predicted octanol–water partition coefficient (Wildman–Crippen LogP) is 4.39. The summed E-state index contributed by atoms with van der Waals surface area (Å²) in [5.41, 5.74) is -2.31. The lowest BCUT2D eigenvalue weighted by molar-refractivity contribution is -0.170. The summed E-state index contributed by atoms with van der Waals surface area (Å²) in [7, 11) is 0.726. The quantitative estimate of drug-likeness (QED) is 0.598. The lowest BCUT2D eigenvalue weighted by atomic mass is 10.1. The van der Waals surface area contributed by atoms with Crippen LogP contribution < -0.4 is 0 Å². The highest BCUT2D eigenvalue weighted by Gasteiger charge is 2.43. The number of halogens is 5. The van der Waals surface area contributed by atoms with Gasteiger partial charge in [-0.3, -0.25) is 0 Å². The fraction of sp³-hybridized carbons (Fsp3) is 0.500. The van der Waals surface area contributed by atoms with Crippen molar-refractivity contribution >= 4 is 5.97 Å². The van der Waals surface area contributed by atoms with E-state index in [9.17, 15) is 26.7 Å². The Balaban J connectivity index is 0.000000471. The first kappa shape index (κ1) is 17.4. The van der Waals surface area contributed by atoms with E-state index in [4.69, 9.17) is 0 Å². The molecular formula is C14H15F5O2. The number of hydrogen-bond donors (Lipinski definition) is 0. The van der Waals surface area contributed by atoms with Crippen LogP contribution in [0.5, 0.6) is 0 Å². The zero-order valence-electron chi connectivity index (χ0n) is 11.5. The number of esters is 1. The van der Waals surface area contributed by atoms with Crippen LogP contribution in [0.4, 0.5) is 22.0 Å². The van der Waals surface area contributed by atoms with Gasteiger partial charge in [-0.25, -0.2) is 4.79 Å². The topological polar surface area (TPSA) is 26.3 Å². The van der Waals surface area contributed by atoms with E-state index in [0.717, 1.165) is 25.2 Å². The Kier molecular flexibility index (Phi) is 5.31. The van der Waals surface area contributed by atoms with Crippen molar-refractivity contribution in [3.63, 3.8) is 0 Å². The predicted molar refractivity (Wildman–Crippen MR) is 65.8 cm³/mol. The third kappa shape index (κ3) is 4.99. The third-order valence-corrected chi connectivity index (χ3v) is 2.86. The van der Waals surface area contributed by atoms with E-state index in [1.807, 2.05) is 0 Å². The number of carbonyl (C=O) groups excluding carboxylic acids is 1. The van der Waals surface area contributed by atoms with Gasteiger partial charge in [0.2, 0.25) is 0 Å². The molecule has 0 N–H and O–H groups in total. The lowest BCUT2D eigenvalue weighted by Gasteiger charge is -2.15. The fourth-order valence-electron chi connectivity index (χ4n) is 1.30. The third-order valence-electron chi connectivity index (χ3n) is 2.86. The molecule has 1 aromatic carbocycles. The van der Waals surface area contributed by atoms with Crippen molar-refractivity contribution in [2.45, 2.75) is 31.9 Å². The van der Waals surface area contributed by atoms with E-state index < -0.39 is 29.2 Å². The molecular weight excluding hydrogens is 295 g/mol. The van der Waals surface area contributed by atoms with Crippen molar-refractivity contribution in [2.24, 2.45) is 5.92 Å². The summed E-state index contributed by atoms with van der Waals surface area (Å²) in [6, 6.07) is 2.38. The molecule has 0 amide bonds. The average Bonchev–Trinajstić information content (AvgIpc) is 3.20. The van der Waals surface area contributed by atoms with Crippen LogP contribution in [0, 0.1) is 5.92 Å². The molecule has 0 heterocycles. The van der Waals surface area contributed by atoms with Crippen LogP contribution in [0.1, 0.15) is 30.9 Å². The molecule has 21 heavy (non-hydrogen) atoms. The zero-order chi connectivity index (χ0) is 16.3. The summed E-state index contributed by atoms with van der Waals surface area (Å²) in [4.78, 5) is 10.7. The van der Waals surface area contributed by atoms with E-state index >= 15 is 0 Å². The Labute approximate surface area is 118 Å². The number of hydrogen-bond acceptors (Lipinski definition) is 2. The van der Waals surface area contributed by atoms with E-state index in [0.29, 0.717) is 6.07 Å². The van der Waals surface area contributed by atoms with Crippen molar-refractivity contribution in [3.05, 3.63) is 35.4 Å². The van der Waals surface area contributed by atoms with Crippen LogP contribution in [0.2, 0.25) is 0 Å². The Morgan fingerprint density at radius 2 is 1.62 bits per heavy atom. The van der Waals surface area contributed by atoms with Crippen LogP contribution in [0.3, 0.4) is 0 Å². The van der Waals surface area contributed by atoms with Gasteiger partial charge in [-0.15, -0.1) is 0 Å². The van der Waals surface area contributed by atoms with Gasteiger partial charge in [0.05, 0.1) is 12.7 Å². The van der Waals surface area contributed by atoms with Crippen molar-refractivity contribution in [2.75, 3.05) is 7.11 Å². The maximum atomic E-state index is 13.3. The Hall–Kier alpha value is -1.66. The van der Waals surface area contributed by atoms with Crippen molar-refractivity contribution in [1.82, 2.24) is 0 Å². The van der Waals surface area contributed by atoms with Gasteiger partial charge in [0.25, 0.3) is 0 Å². The highest BCUT2D eigenvalue weighted by molar-refractivity contribution is 5.79. The van der Waals surface area contributed by atoms with Gasteiger partial charge >= 0.3 is 18.1 Å². The normalized spacial score (nSPS) is 15.0. The van der Waals surface area contributed by atoms with Crippen LogP contribution >= 0.6 is 0 Å². The van der Waals surface area contributed by atoms with Gasteiger partial charge in [-0.1, -0.05) is 31.9 Å². The molecule has 1 aliphatic carbocycles. The number of methoxy groups -OCH3 is 1. The largest absolute Gasteiger partial charge is 0.464 e. The summed E-state index contributed by atoms with van der Waals surface area (Å²) in [5, 5.41) is 0. The van der Waals surface area contributed by atoms with Gasteiger partial charge in [0, 0.05) is 5.56 Å². The van der Waals surface area contributed by atoms with Crippen molar-refractivity contribution < 1.29 is 31.5 Å². The van der Waals surface area contributed by atoms with Gasteiger partial charge in [-0.2, -0.15) is 22.0 Å². The summed E-state index contributed by atoms with van der Waals surface area (Å²) in [6.45, 7) is 2.28. The molecule has 0 bridgehead atoms. The Morgan fingerprint density at radius 1 is 1.14 bits per heavy atom. The highest BCUT2D eigenvalue weighted by atomic mass is 19.4. The van der Waals surface area contributed by atoms with Crippen LogP contribution in [0.15, 0.2) is 24.3 Å². The summed E-state index contributed by atoms with van der Waals surface area (Å²) in [6.07, 6.45) is -1.78. The number of carbonyl (C=O) groups is 1. The van der Waals surface area contributed by atoms with E-state index in [1.54, 1.807) is 0 Å². The summed E-state index contributed by atoms with van der Waals surface area (Å²) < 4.78 is 67.2. The van der Waals surface area contributed by atoms with Crippen molar-refractivity contribution in [1.29, 1.82) is 0 Å². The van der Waals surface area contributed by atoms with E-state index in [-0.39, 0.29) is 6.07 Å². The molecule has 1 aromatic rings. The molecule has 7 heteroatoms. The van der Waals surface area contributed by atoms with E-state index in [1.165, 1.54) is 12.8 Å². The Morgan fingerprint density at radius 3 is 2.00 bits per heavy atom. The molecule has 0 saturated heterocycles. The Bertz CT molecular complexity index is 492. The first-order valence-electron chi connectivity index (χ1n) is 6.23. The van der Waals surface area contributed by atoms with Crippen LogP contribution in [-0.4, -0.2) is 13.1 Å². The van der Waals surface area contributed by atoms with Gasteiger partial charge in [0.1, 0.15) is 0 Å². The summed E-state index contributed by atoms with van der Waals surface area (Å²) in [5.74, 6) is -4.92. The minimum Gasteiger partial charge on any atom is -0.464 e. The van der Waals surface area contributed by atoms with Crippen LogP contribution in [-0.2, 0) is 21.6 Å². The average molecular weight is 310 g/mol. The second-order valence-corrected chi connectivity index (χ2v) is 4.83. The second kappa shape index (κ2) is 6.41. The molecule has 0 unspecified atom stereocenters. The molecule has 0 atom stereocenters. The SMILES string of the molecule is CC1CC1.COC(=O)C(F)(F)c1cccc(C(F)(F)F)c1. The maximum absolute atomic E-state index is 13.3. The summed E-state index contributed by atoms with van der Waals surface area (Å²) >= 11 is 0. The molecule has 0 spiro atoms. The number of benzene rings is 1. The minimum atomic E-state index is -4.75. The molecule has 0 radical (unpaired) electrons. The zero-order valence-corrected chi connectivity index (χ0v) is 11.5. The number of rotatable bonds is 2. The second-order valence-electron chi connectivity index (χ2n) is 4.83. The molecule has 0 aliphatic heterocycles. The first-order chi connectivity index (χ1) is 9.59. The van der Waals surface area contributed by atoms with Gasteiger partial charge < -0.3 is 4.74 Å². The number of ether oxygens (including phenoxy) is 1. The molecule has 0 aromatic heterocycles. The molecule has 1 saturated carbocycles. The molecule has 118 valence electrons. The smallest absolute Gasteiger partial charge is 0.416 e. The number of alkyl halides is 5. The van der Waals surface area contributed by atoms with Gasteiger partial charge in [0.15, 0.2) is 0 Å². The molecule has 2 rings (SSSR count). The minimum absolute atomic E-state index is 0.219. The molecule has 1 fully saturated rings. The van der Waals surface area contributed by atoms with Gasteiger partial charge in [-0.05, 0) is 18.1 Å². The first-order valence-corrected chi connectivity index (χ1v) is 6.23.